The molecule has 74 valence electrons. The fraction of sp³-hybridized carbons (Fsp3) is 0.300. The molecule has 1 aromatic carbocycles. The molecule has 1 unspecified atom stereocenters. The Kier molecular flexibility index (Phi) is 3.90. The van der Waals surface area contributed by atoms with Crippen molar-refractivity contribution in [3.05, 3.63) is 29.8 Å². The molecule has 1 nitrogen and oxygen atoms in total. The Morgan fingerprint density at radius 1 is 1.43 bits per heavy atom. The first-order valence-corrected chi connectivity index (χ1v) is 5.09. The van der Waals surface area contributed by atoms with Gasteiger partial charge >= 0.3 is 0 Å². The summed E-state index contributed by atoms with van der Waals surface area (Å²) < 4.78 is 25.3. The van der Waals surface area contributed by atoms with Gasteiger partial charge in [-0.1, -0.05) is 0 Å². The number of halogens is 2. The van der Waals surface area contributed by atoms with Crippen molar-refractivity contribution < 1.29 is 8.78 Å². The molecule has 0 bridgehead atoms. The molecule has 0 N–H and O–H groups in total. The van der Waals surface area contributed by atoms with Crippen LogP contribution >= 0.6 is 11.8 Å². The first-order valence-electron chi connectivity index (χ1n) is 4.11. The second kappa shape index (κ2) is 4.97. The highest BCUT2D eigenvalue weighted by Gasteiger charge is 2.05. The molecule has 4 heteroatoms. The number of thioether (sulfide) groups is 1. The van der Waals surface area contributed by atoms with E-state index in [9.17, 15) is 8.78 Å². The average molecular weight is 213 g/mol. The van der Waals surface area contributed by atoms with Crippen molar-refractivity contribution in [3.8, 4) is 6.07 Å². The second-order valence-corrected chi connectivity index (χ2v) is 4.01. The van der Waals surface area contributed by atoms with Gasteiger partial charge < -0.3 is 0 Å². The van der Waals surface area contributed by atoms with Crippen LogP contribution < -0.4 is 0 Å². The van der Waals surface area contributed by atoms with E-state index in [1.807, 2.05) is 0 Å². The van der Waals surface area contributed by atoms with Crippen molar-refractivity contribution >= 4 is 11.8 Å². The summed E-state index contributed by atoms with van der Waals surface area (Å²) in [4.78, 5) is 0.644. The van der Waals surface area contributed by atoms with Crippen molar-refractivity contribution in [1.82, 2.24) is 0 Å². The Hall–Kier alpha value is -1.08. The maximum absolute atomic E-state index is 12.7. The minimum Gasteiger partial charge on any atom is -0.204 e. The number of rotatable bonds is 3. The molecule has 0 saturated carbocycles. The van der Waals surface area contributed by atoms with E-state index in [0.717, 1.165) is 12.1 Å². The monoisotopic (exact) mass is 213 g/mol. The number of nitriles is 1. The van der Waals surface area contributed by atoms with Crippen LogP contribution in [-0.4, -0.2) is 5.75 Å². The van der Waals surface area contributed by atoms with E-state index in [-0.39, 0.29) is 5.92 Å². The summed E-state index contributed by atoms with van der Waals surface area (Å²) in [5.41, 5.74) is 0. The molecule has 0 aromatic heterocycles. The van der Waals surface area contributed by atoms with Gasteiger partial charge in [-0.25, -0.2) is 8.78 Å². The summed E-state index contributed by atoms with van der Waals surface area (Å²) in [5, 5.41) is 8.51. The predicted octanol–water partition coefficient (Wildman–Crippen LogP) is 3.22. The Balaban J connectivity index is 2.61. The van der Waals surface area contributed by atoms with Crippen LogP contribution in [0.3, 0.4) is 0 Å². The number of benzene rings is 1. The van der Waals surface area contributed by atoms with Gasteiger partial charge in [0.15, 0.2) is 11.6 Å². The highest BCUT2D eigenvalue weighted by Crippen LogP contribution is 2.22. The molecule has 0 aliphatic heterocycles. The van der Waals surface area contributed by atoms with Crippen molar-refractivity contribution in [2.45, 2.75) is 11.8 Å². The van der Waals surface area contributed by atoms with Crippen LogP contribution in [0.25, 0.3) is 0 Å². The van der Waals surface area contributed by atoms with Crippen LogP contribution in [0.5, 0.6) is 0 Å². The summed E-state index contributed by atoms with van der Waals surface area (Å²) in [6.45, 7) is 1.78. The third kappa shape index (κ3) is 3.00. The van der Waals surface area contributed by atoms with Crippen LogP contribution in [0, 0.1) is 28.9 Å². The van der Waals surface area contributed by atoms with Crippen molar-refractivity contribution in [3.63, 3.8) is 0 Å². The lowest BCUT2D eigenvalue weighted by Gasteiger charge is -2.02. The normalized spacial score (nSPS) is 12.1. The van der Waals surface area contributed by atoms with Crippen molar-refractivity contribution in [1.29, 1.82) is 5.26 Å². The van der Waals surface area contributed by atoms with Gasteiger partial charge in [-0.3, -0.25) is 0 Å². The summed E-state index contributed by atoms with van der Waals surface area (Å²) in [5.74, 6) is -1.20. The topological polar surface area (TPSA) is 23.8 Å². The van der Waals surface area contributed by atoms with Gasteiger partial charge in [-0.05, 0) is 25.1 Å². The largest absolute Gasteiger partial charge is 0.204 e. The molecule has 14 heavy (non-hydrogen) atoms. The zero-order valence-corrected chi connectivity index (χ0v) is 8.44. The van der Waals surface area contributed by atoms with Gasteiger partial charge in [0.05, 0.1) is 12.0 Å². The molecule has 0 aliphatic rings. The van der Waals surface area contributed by atoms with Gasteiger partial charge in [0.25, 0.3) is 0 Å². The second-order valence-electron chi connectivity index (χ2n) is 2.92. The van der Waals surface area contributed by atoms with E-state index in [1.54, 1.807) is 6.92 Å². The number of hydrogen-bond acceptors (Lipinski definition) is 2. The fourth-order valence-electron chi connectivity index (χ4n) is 0.825. The molecule has 0 spiro atoms. The Labute approximate surface area is 85.7 Å². The molecule has 0 saturated heterocycles. The molecule has 1 aromatic rings. The fourth-order valence-corrected chi connectivity index (χ4v) is 1.69. The summed E-state index contributed by atoms with van der Waals surface area (Å²) in [7, 11) is 0. The van der Waals surface area contributed by atoms with Crippen LogP contribution in [0.1, 0.15) is 6.92 Å². The lowest BCUT2D eigenvalue weighted by atomic mass is 10.3. The van der Waals surface area contributed by atoms with Gasteiger partial charge in [0.2, 0.25) is 0 Å². The Morgan fingerprint density at radius 3 is 2.71 bits per heavy atom. The third-order valence-corrected chi connectivity index (χ3v) is 2.87. The van der Waals surface area contributed by atoms with Crippen LogP contribution in [0.15, 0.2) is 23.1 Å². The number of hydrogen-bond donors (Lipinski definition) is 0. The molecular formula is C10H9F2NS. The molecule has 0 heterocycles. The predicted molar refractivity (Wildman–Crippen MR) is 51.9 cm³/mol. The van der Waals surface area contributed by atoms with Crippen molar-refractivity contribution in [2.24, 2.45) is 5.92 Å². The number of nitrogens with zero attached hydrogens (tertiary/aromatic N) is 1. The lowest BCUT2D eigenvalue weighted by molar-refractivity contribution is 0.506. The van der Waals surface area contributed by atoms with E-state index in [0.29, 0.717) is 10.6 Å². The average Bonchev–Trinajstić information content (AvgIpc) is 2.19. The van der Waals surface area contributed by atoms with E-state index in [4.69, 9.17) is 5.26 Å². The molecule has 1 atom stereocenters. The third-order valence-electron chi connectivity index (χ3n) is 1.61. The van der Waals surface area contributed by atoms with Gasteiger partial charge in [0, 0.05) is 10.6 Å². The zero-order valence-electron chi connectivity index (χ0n) is 7.63. The van der Waals surface area contributed by atoms with Crippen molar-refractivity contribution in [2.75, 3.05) is 5.75 Å². The van der Waals surface area contributed by atoms with E-state index >= 15 is 0 Å². The summed E-state index contributed by atoms with van der Waals surface area (Å²) >= 11 is 1.35. The molecule has 0 amide bonds. The molecular weight excluding hydrogens is 204 g/mol. The Morgan fingerprint density at radius 2 is 2.14 bits per heavy atom. The first kappa shape index (κ1) is 11.0. The lowest BCUT2D eigenvalue weighted by Crippen LogP contribution is -1.93. The minimum atomic E-state index is -0.848. The first-order chi connectivity index (χ1) is 6.63. The summed E-state index contributed by atoms with van der Waals surface area (Å²) in [6.07, 6.45) is 0. The minimum absolute atomic E-state index is 0.0897. The smallest absolute Gasteiger partial charge is 0.159 e. The zero-order chi connectivity index (χ0) is 10.6. The maximum atomic E-state index is 12.7. The van der Waals surface area contributed by atoms with Crippen LogP contribution in [0.2, 0.25) is 0 Å². The van der Waals surface area contributed by atoms with E-state index in [2.05, 4.69) is 6.07 Å². The van der Waals surface area contributed by atoms with Crippen LogP contribution in [-0.2, 0) is 0 Å². The Bertz CT molecular complexity index is 360. The summed E-state index contributed by atoms with van der Waals surface area (Å²) in [6, 6.07) is 5.81. The van der Waals surface area contributed by atoms with E-state index < -0.39 is 11.6 Å². The molecule has 0 aliphatic carbocycles. The SMILES string of the molecule is CC(C#N)CSc1ccc(F)c(F)c1. The van der Waals surface area contributed by atoms with E-state index in [1.165, 1.54) is 17.8 Å². The molecule has 0 fully saturated rings. The highest BCUT2D eigenvalue weighted by molar-refractivity contribution is 7.99. The van der Waals surface area contributed by atoms with Gasteiger partial charge in [0.1, 0.15) is 0 Å². The van der Waals surface area contributed by atoms with Gasteiger partial charge in [-0.2, -0.15) is 5.26 Å². The molecule has 1 rings (SSSR count). The standard InChI is InChI=1S/C10H9F2NS/c1-7(5-13)6-14-8-2-3-9(11)10(12)4-8/h2-4,7H,6H2,1H3. The molecule has 0 radical (unpaired) electrons. The van der Waals surface area contributed by atoms with Crippen LogP contribution in [0.4, 0.5) is 8.78 Å². The van der Waals surface area contributed by atoms with Gasteiger partial charge in [-0.15, -0.1) is 11.8 Å². The quantitative estimate of drug-likeness (QED) is 0.720. The maximum Gasteiger partial charge on any atom is 0.159 e. The highest BCUT2D eigenvalue weighted by atomic mass is 32.2.